The predicted molar refractivity (Wildman–Crippen MR) is 48.0 cm³/mol. The summed E-state index contributed by atoms with van der Waals surface area (Å²) in [5.41, 5.74) is 0.582. The minimum atomic E-state index is -0.223. The van der Waals surface area contributed by atoms with Crippen LogP contribution in [0.1, 0.15) is 15.8 Å². The molecule has 0 saturated carbocycles. The molecule has 2 heteroatoms. The second-order valence-corrected chi connectivity index (χ2v) is 2.72. The van der Waals surface area contributed by atoms with E-state index in [0.717, 1.165) is 6.54 Å². The summed E-state index contributed by atoms with van der Waals surface area (Å²) >= 11 is 0. The van der Waals surface area contributed by atoms with Gasteiger partial charge in [-0.15, -0.1) is 0 Å². The van der Waals surface area contributed by atoms with Gasteiger partial charge in [0.15, 0.2) is 0 Å². The molecule has 1 aliphatic heterocycles. The van der Waals surface area contributed by atoms with E-state index in [2.05, 4.69) is 5.32 Å². The van der Waals surface area contributed by atoms with Gasteiger partial charge in [0.2, 0.25) is 0 Å². The highest BCUT2D eigenvalue weighted by Crippen LogP contribution is 2.17. The minimum Gasteiger partial charge on any atom is -0.371 e. The van der Waals surface area contributed by atoms with Crippen molar-refractivity contribution in [3.63, 3.8) is 0 Å². The van der Waals surface area contributed by atoms with Gasteiger partial charge < -0.3 is 10.1 Å². The Labute approximate surface area is 76.8 Å². The molecule has 0 amide bonds. The van der Waals surface area contributed by atoms with Crippen LogP contribution in [0.15, 0.2) is 30.3 Å². The predicted octanol–water partition coefficient (Wildman–Crippen LogP) is 1.35. The molecule has 1 N–H and O–H groups in total. The van der Waals surface area contributed by atoms with Gasteiger partial charge in [0.25, 0.3) is 0 Å². The lowest BCUT2D eigenvalue weighted by Gasteiger charge is -2.23. The molecule has 0 aromatic heterocycles. The molecule has 1 heterocycles. The highest BCUT2D eigenvalue weighted by molar-refractivity contribution is 5.18. The molecule has 0 aliphatic carbocycles. The molecule has 1 aliphatic rings. The van der Waals surface area contributed by atoms with Gasteiger partial charge in [-0.2, -0.15) is 0 Å². The summed E-state index contributed by atoms with van der Waals surface area (Å²) in [4.78, 5) is 0. The van der Waals surface area contributed by atoms with Crippen molar-refractivity contribution in [3.05, 3.63) is 35.8 Å². The average Bonchev–Trinajstić information content (AvgIpc) is 2.17. The lowest BCUT2D eigenvalue weighted by Crippen LogP contribution is -2.33. The molecule has 0 spiro atoms. The Morgan fingerprint density at radius 3 is 3.00 bits per heavy atom. The van der Waals surface area contributed by atoms with Crippen molar-refractivity contribution in [2.45, 2.75) is 6.10 Å². The van der Waals surface area contributed by atoms with Crippen LogP contribution in [0.25, 0.3) is 0 Å². The third-order valence-electron chi connectivity index (χ3n) is 1.87. The molecule has 12 heavy (non-hydrogen) atoms. The summed E-state index contributed by atoms with van der Waals surface area (Å²) in [5.74, 6) is 0. The first-order valence-corrected chi connectivity index (χ1v) is 4.08. The van der Waals surface area contributed by atoms with Gasteiger partial charge in [-0.1, -0.05) is 30.3 Å². The van der Waals surface area contributed by atoms with Crippen molar-refractivity contribution >= 4 is 0 Å². The molecule has 1 atom stereocenters. The van der Waals surface area contributed by atoms with Gasteiger partial charge in [-0.3, -0.25) is 0 Å². The van der Waals surface area contributed by atoms with Crippen molar-refractivity contribution in [3.8, 4) is 0 Å². The van der Waals surface area contributed by atoms with E-state index in [9.17, 15) is 0 Å². The monoisotopic (exact) mass is 166 g/mol. The molecular weight excluding hydrogens is 150 g/mol. The Morgan fingerprint density at radius 2 is 2.33 bits per heavy atom. The fourth-order valence-electron chi connectivity index (χ4n) is 1.26. The number of morpholine rings is 1. The maximum atomic E-state index is 7.74. The minimum absolute atomic E-state index is 0.206. The number of rotatable bonds is 1. The van der Waals surface area contributed by atoms with Gasteiger partial charge in [0.05, 0.1) is 16.8 Å². The molecule has 1 saturated heterocycles. The van der Waals surface area contributed by atoms with Gasteiger partial charge >= 0.3 is 0 Å². The number of hydrogen-bond donors (Lipinski definition) is 1. The number of ether oxygens (including phenoxy) is 1. The van der Waals surface area contributed by atoms with Crippen LogP contribution in [0, 0.1) is 0 Å². The Morgan fingerprint density at radius 1 is 1.50 bits per heavy atom. The van der Waals surface area contributed by atoms with E-state index in [-0.39, 0.29) is 24.2 Å². The first-order valence-electron chi connectivity index (χ1n) is 5.58. The third kappa shape index (κ3) is 1.65. The van der Waals surface area contributed by atoms with Gasteiger partial charge in [-0.25, -0.2) is 0 Å². The molecule has 2 nitrogen and oxygen atoms in total. The number of benzene rings is 1. The number of hydrogen-bond acceptors (Lipinski definition) is 2. The van der Waals surface area contributed by atoms with E-state index in [1.54, 1.807) is 0 Å². The largest absolute Gasteiger partial charge is 0.371 e. The smallest absolute Gasteiger partial charge is 0.0949 e. The fourth-order valence-corrected chi connectivity index (χ4v) is 1.26. The van der Waals surface area contributed by atoms with Crippen molar-refractivity contribution in [2.24, 2.45) is 0 Å². The Balaban J connectivity index is 2.33. The average molecular weight is 166 g/mol. The van der Waals surface area contributed by atoms with Gasteiger partial charge in [0, 0.05) is 13.1 Å². The SMILES string of the molecule is [2H]c1cc([2H])c(C2CNCCO2)c([2H])c1. The van der Waals surface area contributed by atoms with E-state index in [1.807, 2.05) is 0 Å². The standard InChI is InChI=1S/C10H13NO/c1-2-4-9(5-3-1)10-8-11-6-7-12-10/h1-5,10-11H,6-8H2/i1D,4D,5D. The van der Waals surface area contributed by atoms with E-state index in [0.29, 0.717) is 18.7 Å². The van der Waals surface area contributed by atoms with Crippen LogP contribution in [0.5, 0.6) is 0 Å². The first kappa shape index (κ1) is 5.00. The Hall–Kier alpha value is -0.860. The van der Waals surface area contributed by atoms with Crippen LogP contribution < -0.4 is 5.32 Å². The quantitative estimate of drug-likeness (QED) is 0.680. The molecule has 64 valence electrons. The maximum Gasteiger partial charge on any atom is 0.0949 e. The zero-order valence-electron chi connectivity index (χ0n) is 9.76. The molecule has 1 aromatic carbocycles. The van der Waals surface area contributed by atoms with E-state index < -0.39 is 0 Å². The summed E-state index contributed by atoms with van der Waals surface area (Å²) in [5, 5.41) is 3.16. The summed E-state index contributed by atoms with van der Waals surface area (Å²) in [6.45, 7) is 2.05. The highest BCUT2D eigenvalue weighted by atomic mass is 16.5. The Bertz CT molecular complexity index is 341. The maximum absolute atomic E-state index is 7.74. The van der Waals surface area contributed by atoms with Crippen LogP contribution in [-0.2, 0) is 4.74 Å². The highest BCUT2D eigenvalue weighted by Gasteiger charge is 2.14. The summed E-state index contributed by atoms with van der Waals surface area (Å²) in [6.07, 6.45) is -0.223. The molecule has 1 unspecified atom stereocenters. The van der Waals surface area contributed by atoms with Crippen LogP contribution in [0.4, 0.5) is 0 Å². The summed E-state index contributed by atoms with van der Waals surface area (Å²) in [7, 11) is 0. The zero-order valence-corrected chi connectivity index (χ0v) is 6.76. The van der Waals surface area contributed by atoms with Crippen molar-refractivity contribution in [1.29, 1.82) is 0 Å². The summed E-state index contributed by atoms with van der Waals surface area (Å²) in [6, 6.07) is 3.55. The summed E-state index contributed by atoms with van der Waals surface area (Å²) < 4.78 is 28.4. The molecular formula is C10H13NO. The number of nitrogens with one attached hydrogen (secondary N) is 1. The Kier molecular flexibility index (Phi) is 1.54. The zero-order chi connectivity index (χ0) is 10.8. The topological polar surface area (TPSA) is 21.3 Å². The van der Waals surface area contributed by atoms with Gasteiger partial charge in [-0.05, 0) is 5.56 Å². The van der Waals surface area contributed by atoms with Crippen LogP contribution in [0.3, 0.4) is 0 Å². The second kappa shape index (κ2) is 3.70. The molecule has 1 fully saturated rings. The van der Waals surface area contributed by atoms with Crippen molar-refractivity contribution < 1.29 is 8.85 Å². The first-order chi connectivity index (χ1) is 7.18. The van der Waals surface area contributed by atoms with Gasteiger partial charge in [0.1, 0.15) is 0 Å². The molecule has 0 bridgehead atoms. The van der Waals surface area contributed by atoms with Crippen molar-refractivity contribution in [1.82, 2.24) is 5.32 Å². The molecule has 1 aromatic rings. The third-order valence-corrected chi connectivity index (χ3v) is 1.87. The fraction of sp³-hybridized carbons (Fsp3) is 0.400. The van der Waals surface area contributed by atoms with Crippen LogP contribution in [0.2, 0.25) is 0 Å². The van der Waals surface area contributed by atoms with E-state index in [1.165, 1.54) is 12.1 Å². The molecule has 2 rings (SSSR count). The van der Waals surface area contributed by atoms with Crippen LogP contribution >= 0.6 is 0 Å². The van der Waals surface area contributed by atoms with Crippen LogP contribution in [-0.4, -0.2) is 19.7 Å². The second-order valence-electron chi connectivity index (χ2n) is 2.72. The molecule has 0 radical (unpaired) electrons. The lowest BCUT2D eigenvalue weighted by molar-refractivity contribution is 0.0277. The van der Waals surface area contributed by atoms with E-state index in [4.69, 9.17) is 8.85 Å². The lowest BCUT2D eigenvalue weighted by atomic mass is 10.1. The van der Waals surface area contributed by atoms with E-state index >= 15 is 0 Å². The van der Waals surface area contributed by atoms with Crippen molar-refractivity contribution in [2.75, 3.05) is 19.7 Å². The normalized spacial score (nSPS) is 27.3.